The molecule has 0 saturated carbocycles. The van der Waals surface area contributed by atoms with Crippen LogP contribution >= 0.6 is 0 Å². The van der Waals surface area contributed by atoms with Gasteiger partial charge in [-0.15, -0.1) is 0 Å². The van der Waals surface area contributed by atoms with Gasteiger partial charge in [-0.3, -0.25) is 4.79 Å². The second-order valence-corrected chi connectivity index (χ2v) is 4.51. The average molecular weight is 364 g/mol. The Morgan fingerprint density at radius 1 is 0.900 bits per heavy atom. The molecule has 0 aromatic rings. The molecule has 0 fully saturated rings. The molecule has 0 atom stereocenters. The molecule has 20 heavy (non-hydrogen) atoms. The molecule has 116 valence electrons. The van der Waals surface area contributed by atoms with Gasteiger partial charge in [0.05, 0.1) is 0 Å². The first kappa shape index (κ1) is 24.6. The molecule has 0 radical (unpaired) electrons. The van der Waals surface area contributed by atoms with E-state index in [0.29, 0.717) is 6.42 Å². The third-order valence-corrected chi connectivity index (χ3v) is 2.67. The van der Waals surface area contributed by atoms with Gasteiger partial charge in [0.25, 0.3) is 0 Å². The molecule has 0 bridgehead atoms. The quantitative estimate of drug-likeness (QED) is 0.425. The predicted molar refractivity (Wildman–Crippen MR) is 77.3 cm³/mol. The Morgan fingerprint density at radius 3 is 1.55 bits per heavy atom. The maximum Gasteiger partial charge on any atom is 0.327 e. The van der Waals surface area contributed by atoms with Crippen LogP contribution in [0.4, 0.5) is 0 Å². The number of hydrogen-bond donors (Lipinski definition) is 2. The Morgan fingerprint density at radius 2 is 1.25 bits per heavy atom. The zero-order valence-corrected chi connectivity index (χ0v) is 15.0. The van der Waals surface area contributed by atoms with Crippen LogP contribution in [0.25, 0.3) is 0 Å². The number of rotatable bonds is 11. The standard InChI is InChI=1S/C12H24O2.C3H4O2.Zr/c1-2-3-4-5-6-7-8-9-10-11-12(13)14;1-2-3(4)5;/h2-11H2,1H3,(H,13,14);2H,1H2,(H,4,5);. The van der Waals surface area contributed by atoms with E-state index in [2.05, 4.69) is 13.5 Å². The van der Waals surface area contributed by atoms with Crippen LogP contribution in [0.1, 0.15) is 71.1 Å². The summed E-state index contributed by atoms with van der Waals surface area (Å²) in [6, 6.07) is 0. The van der Waals surface area contributed by atoms with Crippen LogP contribution in [0.2, 0.25) is 0 Å². The number of carboxylic acids is 2. The van der Waals surface area contributed by atoms with Crippen LogP contribution in [0.3, 0.4) is 0 Å². The van der Waals surface area contributed by atoms with Crippen LogP contribution in [-0.4, -0.2) is 22.2 Å². The number of carbonyl (C=O) groups is 2. The van der Waals surface area contributed by atoms with Gasteiger partial charge in [-0.2, -0.15) is 0 Å². The van der Waals surface area contributed by atoms with Crippen molar-refractivity contribution >= 4 is 11.9 Å². The largest absolute Gasteiger partial charge is 0.481 e. The molecule has 2 N–H and O–H groups in total. The van der Waals surface area contributed by atoms with E-state index in [1.165, 1.54) is 44.9 Å². The average Bonchev–Trinajstić information content (AvgIpc) is 2.37. The first-order valence-electron chi connectivity index (χ1n) is 7.11. The van der Waals surface area contributed by atoms with Crippen molar-refractivity contribution in [3.05, 3.63) is 12.7 Å². The van der Waals surface area contributed by atoms with E-state index in [9.17, 15) is 9.59 Å². The predicted octanol–water partition coefficient (Wildman–Crippen LogP) is 4.25. The van der Waals surface area contributed by atoms with Crippen molar-refractivity contribution in [2.75, 3.05) is 0 Å². The molecule has 0 aliphatic heterocycles. The maximum absolute atomic E-state index is 10.2. The van der Waals surface area contributed by atoms with Crippen LogP contribution in [0.5, 0.6) is 0 Å². The van der Waals surface area contributed by atoms with Gasteiger partial charge in [-0.25, -0.2) is 4.79 Å². The Hall–Kier alpha value is -0.437. The van der Waals surface area contributed by atoms with E-state index in [-0.39, 0.29) is 26.2 Å². The smallest absolute Gasteiger partial charge is 0.327 e. The summed E-state index contributed by atoms with van der Waals surface area (Å²) in [4.78, 5) is 19.5. The van der Waals surface area contributed by atoms with Gasteiger partial charge >= 0.3 is 11.9 Å². The fourth-order valence-electron chi connectivity index (χ4n) is 1.59. The van der Waals surface area contributed by atoms with Crippen LogP contribution in [0, 0.1) is 0 Å². The van der Waals surface area contributed by atoms with Crippen LogP contribution in [-0.2, 0) is 35.8 Å². The van der Waals surface area contributed by atoms with Crippen molar-refractivity contribution in [2.45, 2.75) is 71.1 Å². The van der Waals surface area contributed by atoms with E-state index in [4.69, 9.17) is 10.2 Å². The Bertz CT molecular complexity index is 242. The van der Waals surface area contributed by atoms with Crippen molar-refractivity contribution in [3.63, 3.8) is 0 Å². The Balaban J connectivity index is -0.000000414. The molecule has 0 aromatic heterocycles. The fourth-order valence-corrected chi connectivity index (χ4v) is 1.59. The molecular formula is C15H28O4Zr. The van der Waals surface area contributed by atoms with Gasteiger partial charge in [0.2, 0.25) is 0 Å². The Kier molecular flexibility index (Phi) is 25.6. The van der Waals surface area contributed by atoms with Crippen molar-refractivity contribution in [1.82, 2.24) is 0 Å². The summed E-state index contributed by atoms with van der Waals surface area (Å²) in [5, 5.41) is 16.0. The second kappa shape index (κ2) is 20.9. The molecule has 0 rings (SSSR count). The van der Waals surface area contributed by atoms with Gasteiger partial charge in [0, 0.05) is 38.7 Å². The molecule has 0 spiro atoms. The normalized spacial score (nSPS) is 8.85. The first-order chi connectivity index (χ1) is 9.04. The zero-order chi connectivity index (χ0) is 14.9. The third-order valence-electron chi connectivity index (χ3n) is 2.67. The van der Waals surface area contributed by atoms with Crippen molar-refractivity contribution in [1.29, 1.82) is 0 Å². The number of unbranched alkanes of at least 4 members (excludes halogenated alkanes) is 8. The minimum absolute atomic E-state index is 0. The van der Waals surface area contributed by atoms with Gasteiger partial charge in [-0.1, -0.05) is 64.9 Å². The minimum atomic E-state index is -0.981. The molecule has 0 aliphatic carbocycles. The van der Waals surface area contributed by atoms with Crippen molar-refractivity contribution < 1.29 is 46.0 Å². The van der Waals surface area contributed by atoms with Gasteiger partial charge in [0.1, 0.15) is 0 Å². The van der Waals surface area contributed by atoms with Gasteiger partial charge in [0.15, 0.2) is 0 Å². The molecule has 0 heterocycles. The third kappa shape index (κ3) is 30.5. The topological polar surface area (TPSA) is 74.6 Å². The first-order valence-corrected chi connectivity index (χ1v) is 7.11. The summed E-state index contributed by atoms with van der Waals surface area (Å²) in [5.74, 6) is -1.64. The van der Waals surface area contributed by atoms with Crippen LogP contribution in [0.15, 0.2) is 12.7 Å². The molecule has 0 aromatic carbocycles. The molecule has 5 heteroatoms. The van der Waals surface area contributed by atoms with Crippen LogP contribution < -0.4 is 0 Å². The van der Waals surface area contributed by atoms with E-state index < -0.39 is 11.9 Å². The molecule has 0 unspecified atom stereocenters. The number of aliphatic carboxylic acids is 2. The minimum Gasteiger partial charge on any atom is -0.481 e. The van der Waals surface area contributed by atoms with Crippen molar-refractivity contribution in [3.8, 4) is 0 Å². The fraction of sp³-hybridized carbons (Fsp3) is 0.733. The van der Waals surface area contributed by atoms with E-state index in [0.717, 1.165) is 18.9 Å². The molecule has 4 nitrogen and oxygen atoms in total. The second-order valence-electron chi connectivity index (χ2n) is 4.51. The molecule has 0 aliphatic rings. The number of carboxylic acid groups (broad SMARTS) is 2. The SMILES string of the molecule is C=CC(=O)O.CCCCCCCCCCCC(=O)O.[Zr]. The zero-order valence-electron chi connectivity index (χ0n) is 12.6. The molecule has 0 saturated heterocycles. The maximum atomic E-state index is 10.2. The summed E-state index contributed by atoms with van der Waals surface area (Å²) in [6.07, 6.45) is 12.3. The molecule has 0 amide bonds. The monoisotopic (exact) mass is 362 g/mol. The van der Waals surface area contributed by atoms with E-state index in [1.54, 1.807) is 0 Å². The number of hydrogen-bond acceptors (Lipinski definition) is 2. The van der Waals surface area contributed by atoms with Gasteiger partial charge < -0.3 is 10.2 Å². The summed E-state index contributed by atoms with van der Waals surface area (Å²) in [5.41, 5.74) is 0. The van der Waals surface area contributed by atoms with E-state index in [1.807, 2.05) is 0 Å². The summed E-state index contributed by atoms with van der Waals surface area (Å²) in [6.45, 7) is 5.19. The van der Waals surface area contributed by atoms with Gasteiger partial charge in [-0.05, 0) is 6.42 Å². The Labute approximate surface area is 141 Å². The summed E-state index contributed by atoms with van der Waals surface area (Å²) >= 11 is 0. The molecular weight excluding hydrogens is 335 g/mol. The van der Waals surface area contributed by atoms with Crippen molar-refractivity contribution in [2.24, 2.45) is 0 Å². The summed E-state index contributed by atoms with van der Waals surface area (Å²) < 4.78 is 0. The van der Waals surface area contributed by atoms with E-state index >= 15 is 0 Å². The summed E-state index contributed by atoms with van der Waals surface area (Å²) in [7, 11) is 0.